The Morgan fingerprint density at radius 2 is 2.19 bits per heavy atom. The third kappa shape index (κ3) is 3.06. The van der Waals surface area contributed by atoms with Gasteiger partial charge in [0.05, 0.1) is 0 Å². The number of hydrogen-bond acceptors (Lipinski definition) is 5. The minimum absolute atomic E-state index is 0.142. The van der Waals surface area contributed by atoms with Crippen LogP contribution in [0.2, 0.25) is 0 Å². The van der Waals surface area contributed by atoms with Crippen LogP contribution < -0.4 is 11.1 Å². The minimum atomic E-state index is -0.363. The Bertz CT molecular complexity index is 645. The van der Waals surface area contributed by atoms with Gasteiger partial charge in [-0.05, 0) is 19.8 Å². The zero-order chi connectivity index (χ0) is 14.8. The fourth-order valence-electron chi connectivity index (χ4n) is 2.27. The number of nitrogens with one attached hydrogen (secondary N) is 1. The summed E-state index contributed by atoms with van der Waals surface area (Å²) < 4.78 is 5.36. The third-order valence-corrected chi connectivity index (χ3v) is 4.23. The van der Waals surface area contributed by atoms with Crippen molar-refractivity contribution in [3.8, 4) is 11.3 Å². The number of nitrogens with two attached hydrogens (primary N) is 1. The molecule has 1 saturated heterocycles. The molecule has 1 fully saturated rings. The van der Waals surface area contributed by atoms with Gasteiger partial charge in [-0.25, -0.2) is 4.98 Å². The van der Waals surface area contributed by atoms with Crippen molar-refractivity contribution in [1.29, 1.82) is 0 Å². The number of carbonyl (C=O) groups is 1. The standard InChI is InChI=1S/C15H17N3O2S/c1-9-4-6-10(7-5-9)12-13(16)21-15(17-12)18-14(19)11-3-2-8-20-11/h4-7,11H,2-3,8,16H2,1H3,(H,17,18,19). The number of rotatable bonds is 3. The Labute approximate surface area is 127 Å². The maximum absolute atomic E-state index is 12.0. The lowest BCUT2D eigenvalue weighted by atomic mass is 10.1. The SMILES string of the molecule is Cc1ccc(-c2nc(NC(=O)C3CCCO3)sc2N)cc1. The molecule has 1 amide bonds. The predicted molar refractivity (Wildman–Crippen MR) is 84.3 cm³/mol. The number of hydrogen-bond donors (Lipinski definition) is 2. The fraction of sp³-hybridized carbons (Fsp3) is 0.333. The van der Waals surface area contributed by atoms with Crippen molar-refractivity contribution in [3.05, 3.63) is 29.8 Å². The number of nitrogens with zero attached hydrogens (tertiary/aromatic N) is 1. The van der Waals surface area contributed by atoms with Gasteiger partial charge in [-0.3, -0.25) is 10.1 Å². The average Bonchev–Trinajstić information content (AvgIpc) is 3.10. The summed E-state index contributed by atoms with van der Waals surface area (Å²) in [6, 6.07) is 7.98. The van der Waals surface area contributed by atoms with E-state index in [-0.39, 0.29) is 12.0 Å². The molecule has 0 saturated carbocycles. The van der Waals surface area contributed by atoms with Crippen molar-refractivity contribution in [3.63, 3.8) is 0 Å². The minimum Gasteiger partial charge on any atom is -0.389 e. The lowest BCUT2D eigenvalue weighted by molar-refractivity contribution is -0.124. The first-order valence-corrected chi connectivity index (χ1v) is 7.71. The molecule has 110 valence electrons. The number of ether oxygens (including phenoxy) is 1. The van der Waals surface area contributed by atoms with E-state index in [1.165, 1.54) is 16.9 Å². The first kappa shape index (κ1) is 14.0. The molecule has 2 aromatic rings. The van der Waals surface area contributed by atoms with Crippen LogP contribution in [0.25, 0.3) is 11.3 Å². The van der Waals surface area contributed by atoms with E-state index in [2.05, 4.69) is 10.3 Å². The van der Waals surface area contributed by atoms with Crippen LogP contribution in [0, 0.1) is 6.92 Å². The van der Waals surface area contributed by atoms with Crippen LogP contribution in [0.5, 0.6) is 0 Å². The van der Waals surface area contributed by atoms with Gasteiger partial charge in [-0.15, -0.1) is 0 Å². The average molecular weight is 303 g/mol. The number of amides is 1. The van der Waals surface area contributed by atoms with E-state index in [0.29, 0.717) is 22.4 Å². The smallest absolute Gasteiger partial charge is 0.255 e. The van der Waals surface area contributed by atoms with Crippen molar-refractivity contribution < 1.29 is 9.53 Å². The van der Waals surface area contributed by atoms with E-state index in [9.17, 15) is 4.79 Å². The summed E-state index contributed by atoms with van der Waals surface area (Å²) in [5.74, 6) is -0.142. The summed E-state index contributed by atoms with van der Waals surface area (Å²) in [6.07, 6.45) is 1.32. The Morgan fingerprint density at radius 3 is 2.86 bits per heavy atom. The molecule has 0 radical (unpaired) electrons. The first-order valence-electron chi connectivity index (χ1n) is 6.89. The number of aryl methyl sites for hydroxylation is 1. The Balaban J connectivity index is 1.77. The molecule has 2 heterocycles. The second-order valence-corrected chi connectivity index (χ2v) is 6.12. The summed E-state index contributed by atoms with van der Waals surface area (Å²) in [4.78, 5) is 16.4. The van der Waals surface area contributed by atoms with Gasteiger partial charge in [0.2, 0.25) is 0 Å². The van der Waals surface area contributed by atoms with Gasteiger partial charge < -0.3 is 10.5 Å². The highest BCUT2D eigenvalue weighted by Gasteiger charge is 2.24. The van der Waals surface area contributed by atoms with Gasteiger partial charge in [-0.1, -0.05) is 41.2 Å². The zero-order valence-electron chi connectivity index (χ0n) is 11.8. The second kappa shape index (κ2) is 5.83. The molecule has 21 heavy (non-hydrogen) atoms. The van der Waals surface area contributed by atoms with Crippen LogP contribution in [0.4, 0.5) is 10.1 Å². The van der Waals surface area contributed by atoms with E-state index < -0.39 is 0 Å². The summed E-state index contributed by atoms with van der Waals surface area (Å²) in [6.45, 7) is 2.67. The number of anilines is 2. The lowest BCUT2D eigenvalue weighted by Crippen LogP contribution is -2.26. The summed E-state index contributed by atoms with van der Waals surface area (Å²) in [5.41, 5.74) is 8.86. The van der Waals surface area contributed by atoms with Crippen LogP contribution in [0.3, 0.4) is 0 Å². The lowest BCUT2D eigenvalue weighted by Gasteiger charge is -2.07. The summed E-state index contributed by atoms with van der Waals surface area (Å²) in [7, 11) is 0. The van der Waals surface area contributed by atoms with Crippen molar-refractivity contribution in [2.24, 2.45) is 0 Å². The van der Waals surface area contributed by atoms with Crippen molar-refractivity contribution in [2.75, 3.05) is 17.7 Å². The molecule has 1 aromatic carbocycles. The largest absolute Gasteiger partial charge is 0.389 e. The topological polar surface area (TPSA) is 77.2 Å². The van der Waals surface area contributed by atoms with Crippen molar-refractivity contribution in [1.82, 2.24) is 4.98 Å². The molecule has 1 aliphatic heterocycles. The molecule has 1 aromatic heterocycles. The van der Waals surface area contributed by atoms with Crippen molar-refractivity contribution in [2.45, 2.75) is 25.9 Å². The maximum Gasteiger partial charge on any atom is 0.255 e. The third-order valence-electron chi connectivity index (χ3n) is 3.43. The molecule has 0 bridgehead atoms. The Hall–Kier alpha value is -1.92. The van der Waals surface area contributed by atoms with Crippen LogP contribution in [-0.2, 0) is 9.53 Å². The molecule has 1 aliphatic rings. The molecule has 5 nitrogen and oxygen atoms in total. The fourth-order valence-corrected chi connectivity index (χ4v) is 3.03. The van der Waals surface area contributed by atoms with E-state index >= 15 is 0 Å². The second-order valence-electron chi connectivity index (χ2n) is 5.09. The molecule has 1 unspecified atom stereocenters. The number of carbonyl (C=O) groups excluding carboxylic acids is 1. The molecule has 0 aliphatic carbocycles. The summed E-state index contributed by atoms with van der Waals surface area (Å²) >= 11 is 1.28. The summed E-state index contributed by atoms with van der Waals surface area (Å²) in [5, 5.41) is 3.91. The maximum atomic E-state index is 12.0. The molecule has 3 N–H and O–H groups in total. The van der Waals surface area contributed by atoms with Crippen molar-refractivity contribution >= 4 is 27.4 Å². The number of nitrogen functional groups attached to an aromatic ring is 1. The van der Waals surface area contributed by atoms with Crippen LogP contribution in [-0.4, -0.2) is 23.6 Å². The molecular weight excluding hydrogens is 286 g/mol. The normalized spacial score (nSPS) is 17.9. The van der Waals surface area contributed by atoms with E-state index in [1.54, 1.807) is 0 Å². The molecule has 6 heteroatoms. The quantitative estimate of drug-likeness (QED) is 0.914. The van der Waals surface area contributed by atoms with Gasteiger partial charge in [0, 0.05) is 12.2 Å². The van der Waals surface area contributed by atoms with E-state index in [4.69, 9.17) is 10.5 Å². The number of aromatic nitrogens is 1. The van der Waals surface area contributed by atoms with Crippen LogP contribution >= 0.6 is 11.3 Å². The first-order chi connectivity index (χ1) is 10.1. The van der Waals surface area contributed by atoms with Crippen LogP contribution in [0.1, 0.15) is 18.4 Å². The molecule has 0 spiro atoms. The van der Waals surface area contributed by atoms with Gasteiger partial charge in [-0.2, -0.15) is 0 Å². The highest BCUT2D eigenvalue weighted by Crippen LogP contribution is 2.33. The zero-order valence-corrected chi connectivity index (χ0v) is 12.6. The molecule has 1 atom stereocenters. The highest BCUT2D eigenvalue weighted by atomic mass is 32.1. The number of thiazole rings is 1. The van der Waals surface area contributed by atoms with Gasteiger partial charge in [0.1, 0.15) is 16.8 Å². The van der Waals surface area contributed by atoms with E-state index in [0.717, 1.165) is 18.4 Å². The van der Waals surface area contributed by atoms with Gasteiger partial charge in [0.25, 0.3) is 5.91 Å². The monoisotopic (exact) mass is 303 g/mol. The Kier molecular flexibility index (Phi) is 3.90. The van der Waals surface area contributed by atoms with Crippen LogP contribution in [0.15, 0.2) is 24.3 Å². The van der Waals surface area contributed by atoms with Gasteiger partial charge >= 0.3 is 0 Å². The number of benzene rings is 1. The molecule has 3 rings (SSSR count). The Morgan fingerprint density at radius 1 is 1.43 bits per heavy atom. The highest BCUT2D eigenvalue weighted by molar-refractivity contribution is 7.20. The predicted octanol–water partition coefficient (Wildman–Crippen LogP) is 2.82. The van der Waals surface area contributed by atoms with E-state index in [1.807, 2.05) is 31.2 Å². The molecular formula is C15H17N3O2S. The van der Waals surface area contributed by atoms with Gasteiger partial charge in [0.15, 0.2) is 5.13 Å².